The third-order valence-electron chi connectivity index (χ3n) is 7.10. The first kappa shape index (κ1) is 24.2. The minimum absolute atomic E-state index is 0.00355. The lowest BCUT2D eigenvalue weighted by atomic mass is 9.96. The number of fused-ring (bicyclic) bond motifs is 1. The van der Waals surface area contributed by atoms with Gasteiger partial charge in [-0.25, -0.2) is 18.1 Å². The van der Waals surface area contributed by atoms with E-state index in [1.165, 1.54) is 6.42 Å². The molecule has 3 aromatic rings. The summed E-state index contributed by atoms with van der Waals surface area (Å²) in [6.07, 6.45) is 10.7. The van der Waals surface area contributed by atoms with Gasteiger partial charge in [-0.3, -0.25) is 9.36 Å². The lowest BCUT2D eigenvalue weighted by Gasteiger charge is -2.22. The molecule has 2 aromatic heterocycles. The van der Waals surface area contributed by atoms with E-state index in [1.54, 1.807) is 35.0 Å². The zero-order chi connectivity index (χ0) is 24.6. The van der Waals surface area contributed by atoms with Gasteiger partial charge in [0, 0.05) is 29.4 Å². The van der Waals surface area contributed by atoms with Crippen LogP contribution in [0.5, 0.6) is 0 Å². The molecule has 186 valence electrons. The molecule has 0 spiro atoms. The topological polar surface area (TPSA) is 106 Å². The summed E-state index contributed by atoms with van der Waals surface area (Å²) in [6.45, 7) is 1.84. The number of rotatable bonds is 6. The van der Waals surface area contributed by atoms with Crippen LogP contribution in [0.15, 0.2) is 40.2 Å². The minimum Gasteiger partial charge on any atom is -0.324 e. The van der Waals surface area contributed by atoms with Gasteiger partial charge >= 0.3 is 0 Å². The number of hydrogen-bond donors (Lipinski definition) is 2. The molecule has 35 heavy (non-hydrogen) atoms. The number of sulfonamides is 1. The van der Waals surface area contributed by atoms with Gasteiger partial charge < -0.3 is 5.32 Å². The number of hydrogen-bond acceptors (Lipinski definition) is 6. The highest BCUT2D eigenvalue weighted by atomic mass is 35.5. The van der Waals surface area contributed by atoms with E-state index >= 15 is 0 Å². The van der Waals surface area contributed by atoms with E-state index in [2.05, 4.69) is 20.0 Å². The van der Waals surface area contributed by atoms with Gasteiger partial charge in [-0.2, -0.15) is 4.98 Å². The molecule has 0 amide bonds. The van der Waals surface area contributed by atoms with Crippen molar-refractivity contribution in [3.05, 3.63) is 51.4 Å². The van der Waals surface area contributed by atoms with Gasteiger partial charge in [0.1, 0.15) is 10.7 Å². The van der Waals surface area contributed by atoms with Crippen LogP contribution in [0.3, 0.4) is 0 Å². The number of halogens is 1. The van der Waals surface area contributed by atoms with Crippen molar-refractivity contribution in [2.24, 2.45) is 0 Å². The molecule has 0 atom stereocenters. The maximum absolute atomic E-state index is 12.9. The molecule has 2 N–H and O–H groups in total. The molecule has 0 unspecified atom stereocenters. The number of anilines is 2. The van der Waals surface area contributed by atoms with Crippen molar-refractivity contribution >= 4 is 44.3 Å². The molecule has 1 aromatic carbocycles. The molecule has 2 aliphatic rings. The number of nitrogens with zero attached hydrogens (tertiary/aromatic N) is 3. The molecule has 2 saturated carbocycles. The van der Waals surface area contributed by atoms with E-state index in [0.717, 1.165) is 56.9 Å². The quantitative estimate of drug-likeness (QED) is 0.466. The van der Waals surface area contributed by atoms with Crippen LogP contribution in [0.4, 0.5) is 11.6 Å². The first-order chi connectivity index (χ1) is 16.8. The maximum Gasteiger partial charge on any atom is 0.271 e. The van der Waals surface area contributed by atoms with Crippen LogP contribution in [0.1, 0.15) is 69.4 Å². The van der Waals surface area contributed by atoms with Gasteiger partial charge in [0.05, 0.1) is 4.90 Å². The predicted molar refractivity (Wildman–Crippen MR) is 138 cm³/mol. The van der Waals surface area contributed by atoms with Gasteiger partial charge in [0.2, 0.25) is 16.0 Å². The summed E-state index contributed by atoms with van der Waals surface area (Å²) in [4.78, 5) is 22.2. The van der Waals surface area contributed by atoms with Crippen molar-refractivity contribution < 1.29 is 8.42 Å². The number of pyridine rings is 1. The molecule has 5 rings (SSSR count). The van der Waals surface area contributed by atoms with Gasteiger partial charge in [0.25, 0.3) is 5.56 Å². The molecule has 0 radical (unpaired) electrons. The van der Waals surface area contributed by atoms with Gasteiger partial charge in [-0.05, 0) is 62.4 Å². The Balaban J connectivity index is 1.42. The van der Waals surface area contributed by atoms with Crippen molar-refractivity contribution in [3.8, 4) is 0 Å². The Kier molecular flexibility index (Phi) is 6.83. The summed E-state index contributed by atoms with van der Waals surface area (Å²) in [5.74, 6) is 0.338. The normalized spacial score (nSPS) is 17.8. The van der Waals surface area contributed by atoms with Crippen molar-refractivity contribution in [1.82, 2.24) is 19.3 Å². The Labute approximate surface area is 210 Å². The van der Waals surface area contributed by atoms with E-state index < -0.39 is 10.0 Å². The van der Waals surface area contributed by atoms with Crippen LogP contribution < -0.4 is 15.6 Å². The molecule has 2 fully saturated rings. The van der Waals surface area contributed by atoms with Gasteiger partial charge in [-0.1, -0.05) is 43.7 Å². The summed E-state index contributed by atoms with van der Waals surface area (Å²) in [6, 6.07) is 6.67. The highest BCUT2D eigenvalue weighted by molar-refractivity contribution is 7.89. The Morgan fingerprint density at radius 3 is 2.46 bits per heavy atom. The lowest BCUT2D eigenvalue weighted by molar-refractivity contribution is 0.412. The molecule has 10 heteroatoms. The average molecular weight is 516 g/mol. The van der Waals surface area contributed by atoms with Crippen LogP contribution in [0.2, 0.25) is 5.02 Å². The number of nitrogens with one attached hydrogen (secondary N) is 2. The molecular weight excluding hydrogens is 486 g/mol. The summed E-state index contributed by atoms with van der Waals surface area (Å²) in [5, 5.41) is 4.07. The fraction of sp³-hybridized carbons (Fsp3) is 0.480. The molecule has 0 saturated heterocycles. The Morgan fingerprint density at radius 1 is 1.03 bits per heavy atom. The van der Waals surface area contributed by atoms with Crippen molar-refractivity contribution in [2.75, 3.05) is 5.32 Å². The van der Waals surface area contributed by atoms with Crippen molar-refractivity contribution in [1.29, 1.82) is 0 Å². The molecule has 2 heterocycles. The van der Waals surface area contributed by atoms with Crippen LogP contribution in [-0.2, 0) is 10.0 Å². The van der Waals surface area contributed by atoms with E-state index in [9.17, 15) is 13.2 Å². The standard InChI is InChI=1S/C25H30ClN5O3S/c1-16-13-20(35(33,34)30-18-7-3-2-4-8-18)11-12-22(16)28-25-27-15-17-14-21(26)24(32)31(23(17)29-25)19-9-5-6-10-19/h11-15,18-19,30H,2-10H2,1H3,(H,27,28,29). The lowest BCUT2D eigenvalue weighted by Crippen LogP contribution is -2.36. The Hall–Kier alpha value is -2.49. The Bertz CT molecular complexity index is 1410. The third kappa shape index (κ3) is 5.08. The Morgan fingerprint density at radius 2 is 1.74 bits per heavy atom. The molecule has 8 nitrogen and oxygen atoms in total. The van der Waals surface area contributed by atoms with Crippen LogP contribution in [-0.4, -0.2) is 29.0 Å². The van der Waals surface area contributed by atoms with Crippen molar-refractivity contribution in [3.63, 3.8) is 0 Å². The van der Waals surface area contributed by atoms with Crippen molar-refractivity contribution in [2.45, 2.75) is 81.7 Å². The van der Waals surface area contributed by atoms with Gasteiger partial charge in [-0.15, -0.1) is 0 Å². The number of benzene rings is 1. The first-order valence-corrected chi connectivity index (χ1v) is 14.2. The second-order valence-electron chi connectivity index (χ2n) is 9.64. The van der Waals surface area contributed by atoms with Crippen LogP contribution in [0, 0.1) is 6.92 Å². The smallest absolute Gasteiger partial charge is 0.271 e. The fourth-order valence-corrected chi connectivity index (χ4v) is 6.82. The number of aryl methyl sites for hydroxylation is 1. The van der Waals surface area contributed by atoms with E-state index in [1.807, 2.05) is 6.92 Å². The first-order valence-electron chi connectivity index (χ1n) is 12.3. The van der Waals surface area contributed by atoms with E-state index in [4.69, 9.17) is 11.6 Å². The average Bonchev–Trinajstić information content (AvgIpc) is 3.36. The van der Waals surface area contributed by atoms with Gasteiger partial charge in [0.15, 0.2) is 0 Å². The molecule has 0 aliphatic heterocycles. The predicted octanol–water partition coefficient (Wildman–Crippen LogP) is 5.22. The summed E-state index contributed by atoms with van der Waals surface area (Å²) in [5.41, 5.74) is 1.78. The zero-order valence-electron chi connectivity index (χ0n) is 19.8. The third-order valence-corrected chi connectivity index (χ3v) is 8.89. The summed E-state index contributed by atoms with van der Waals surface area (Å²) in [7, 11) is -3.58. The van der Waals surface area contributed by atoms with Crippen LogP contribution in [0.25, 0.3) is 11.0 Å². The number of aromatic nitrogens is 3. The maximum atomic E-state index is 12.9. The van der Waals surface area contributed by atoms with E-state index in [-0.39, 0.29) is 27.6 Å². The summed E-state index contributed by atoms with van der Waals surface area (Å²) >= 11 is 6.22. The molecular formula is C25H30ClN5O3S. The largest absolute Gasteiger partial charge is 0.324 e. The minimum atomic E-state index is -3.58. The van der Waals surface area contributed by atoms with E-state index in [0.29, 0.717) is 22.7 Å². The SMILES string of the molecule is Cc1cc(S(=O)(=O)NC2CCCCC2)ccc1Nc1ncc2cc(Cl)c(=O)n(C3CCCC3)c2n1. The second kappa shape index (κ2) is 9.87. The fourth-order valence-electron chi connectivity index (χ4n) is 5.22. The monoisotopic (exact) mass is 515 g/mol. The zero-order valence-corrected chi connectivity index (χ0v) is 21.3. The molecule has 2 aliphatic carbocycles. The highest BCUT2D eigenvalue weighted by Gasteiger charge is 2.24. The highest BCUT2D eigenvalue weighted by Crippen LogP contribution is 2.31. The second-order valence-corrected chi connectivity index (χ2v) is 11.8. The summed E-state index contributed by atoms with van der Waals surface area (Å²) < 4.78 is 30.3. The molecule has 0 bridgehead atoms. The van der Waals surface area contributed by atoms with Crippen LogP contribution >= 0.6 is 11.6 Å².